The maximum Gasteiger partial charge on any atom is 0.142 e. The van der Waals surface area contributed by atoms with Gasteiger partial charge in [-0.1, -0.05) is 48.6 Å². The summed E-state index contributed by atoms with van der Waals surface area (Å²) in [7, 11) is 0. The molecule has 0 bridgehead atoms. The smallest absolute Gasteiger partial charge is 0.142 e. The molecule has 2 aromatic heterocycles. The number of hydrogen-bond acceptors (Lipinski definition) is 2. The number of fused-ring (bicyclic) bond motifs is 1. The standard InChI is InChI=1S/C17H17N3/c1-13-16(18)20-12-6-11-15(17(20)19-13)10-5-9-14-7-3-2-4-8-14/h2-9,11-12H,10,18H2,1H3/b9-5-. The molecule has 2 heterocycles. The number of nitrogens with two attached hydrogens (primary N) is 1. The number of rotatable bonds is 3. The Bertz CT molecular complexity index is 755. The van der Waals surface area contributed by atoms with Gasteiger partial charge in [0.1, 0.15) is 11.5 Å². The Morgan fingerprint density at radius 3 is 2.75 bits per heavy atom. The lowest BCUT2D eigenvalue weighted by Gasteiger charge is -2.01. The molecule has 20 heavy (non-hydrogen) atoms. The van der Waals surface area contributed by atoms with Gasteiger partial charge in [-0.3, -0.25) is 4.40 Å². The van der Waals surface area contributed by atoms with Gasteiger partial charge >= 0.3 is 0 Å². The van der Waals surface area contributed by atoms with E-state index in [1.807, 2.05) is 41.8 Å². The molecule has 0 saturated carbocycles. The van der Waals surface area contributed by atoms with Crippen molar-refractivity contribution in [1.29, 1.82) is 0 Å². The Balaban J connectivity index is 1.88. The first-order chi connectivity index (χ1) is 9.75. The number of anilines is 1. The molecule has 2 N–H and O–H groups in total. The SMILES string of the molecule is Cc1nc2c(C/C=C\c3ccccc3)cccn2c1N. The minimum Gasteiger partial charge on any atom is -0.383 e. The number of hydrogen-bond donors (Lipinski definition) is 1. The van der Waals surface area contributed by atoms with Crippen LogP contribution in [0.5, 0.6) is 0 Å². The summed E-state index contributed by atoms with van der Waals surface area (Å²) in [5.74, 6) is 0.717. The molecule has 100 valence electrons. The molecule has 0 atom stereocenters. The topological polar surface area (TPSA) is 43.3 Å². The Hall–Kier alpha value is -2.55. The van der Waals surface area contributed by atoms with Crippen LogP contribution in [0.1, 0.15) is 16.8 Å². The molecule has 0 spiro atoms. The number of nitrogens with zero attached hydrogens (tertiary/aromatic N) is 2. The lowest BCUT2D eigenvalue weighted by atomic mass is 10.1. The second-order valence-corrected chi connectivity index (χ2v) is 4.83. The van der Waals surface area contributed by atoms with E-state index in [9.17, 15) is 0 Å². The molecule has 0 radical (unpaired) electrons. The molecule has 3 rings (SSSR count). The number of imidazole rings is 1. The van der Waals surface area contributed by atoms with Crippen molar-refractivity contribution in [1.82, 2.24) is 9.38 Å². The molecule has 0 aliphatic carbocycles. The van der Waals surface area contributed by atoms with Crippen LogP contribution in [0.25, 0.3) is 11.7 Å². The van der Waals surface area contributed by atoms with Crippen LogP contribution in [-0.4, -0.2) is 9.38 Å². The lowest BCUT2D eigenvalue weighted by molar-refractivity contribution is 1.14. The van der Waals surface area contributed by atoms with E-state index in [1.54, 1.807) is 0 Å². The molecule has 3 heteroatoms. The van der Waals surface area contributed by atoms with Gasteiger partial charge in [-0.2, -0.15) is 0 Å². The predicted octanol–water partition coefficient (Wildman–Crippen LogP) is 3.48. The van der Waals surface area contributed by atoms with Gasteiger partial charge in [-0.25, -0.2) is 4.98 Å². The molecule has 3 nitrogen and oxygen atoms in total. The highest BCUT2D eigenvalue weighted by atomic mass is 15.1. The van der Waals surface area contributed by atoms with Crippen LogP contribution in [0, 0.1) is 6.92 Å². The summed E-state index contributed by atoms with van der Waals surface area (Å²) in [6.07, 6.45) is 7.08. The first kappa shape index (κ1) is 12.5. The fourth-order valence-electron chi connectivity index (χ4n) is 2.30. The van der Waals surface area contributed by atoms with Crippen LogP contribution < -0.4 is 5.73 Å². The third-order valence-electron chi connectivity index (χ3n) is 3.40. The van der Waals surface area contributed by atoms with Crippen LogP contribution in [-0.2, 0) is 6.42 Å². The zero-order chi connectivity index (χ0) is 13.9. The van der Waals surface area contributed by atoms with E-state index < -0.39 is 0 Å². The Labute approximate surface area is 118 Å². The van der Waals surface area contributed by atoms with Crippen molar-refractivity contribution in [3.8, 4) is 0 Å². The summed E-state index contributed by atoms with van der Waals surface area (Å²) in [5.41, 5.74) is 10.2. The highest BCUT2D eigenvalue weighted by molar-refractivity contribution is 5.58. The van der Waals surface area contributed by atoms with Crippen molar-refractivity contribution in [2.45, 2.75) is 13.3 Å². The summed E-state index contributed by atoms with van der Waals surface area (Å²) in [4.78, 5) is 4.54. The van der Waals surface area contributed by atoms with Crippen molar-refractivity contribution in [2.24, 2.45) is 0 Å². The van der Waals surface area contributed by atoms with Crippen molar-refractivity contribution < 1.29 is 0 Å². The highest BCUT2D eigenvalue weighted by Crippen LogP contribution is 2.18. The normalized spacial score (nSPS) is 11.4. The number of benzene rings is 1. The van der Waals surface area contributed by atoms with E-state index in [0.717, 1.165) is 17.8 Å². The summed E-state index contributed by atoms with van der Waals surface area (Å²) >= 11 is 0. The van der Waals surface area contributed by atoms with Crippen molar-refractivity contribution in [3.63, 3.8) is 0 Å². The lowest BCUT2D eigenvalue weighted by Crippen LogP contribution is -1.95. The Morgan fingerprint density at radius 1 is 1.15 bits per heavy atom. The number of pyridine rings is 1. The third-order valence-corrected chi connectivity index (χ3v) is 3.40. The van der Waals surface area contributed by atoms with Gasteiger partial charge in [-0.15, -0.1) is 0 Å². The van der Waals surface area contributed by atoms with E-state index in [1.165, 1.54) is 11.1 Å². The van der Waals surface area contributed by atoms with E-state index in [4.69, 9.17) is 5.73 Å². The summed E-state index contributed by atoms with van der Waals surface area (Å²) < 4.78 is 1.95. The summed E-state index contributed by atoms with van der Waals surface area (Å²) in [6.45, 7) is 1.94. The number of nitrogen functional groups attached to an aromatic ring is 1. The van der Waals surface area contributed by atoms with Crippen LogP contribution >= 0.6 is 0 Å². The zero-order valence-electron chi connectivity index (χ0n) is 11.5. The summed E-state index contributed by atoms with van der Waals surface area (Å²) in [5, 5.41) is 0. The van der Waals surface area contributed by atoms with Crippen molar-refractivity contribution >= 4 is 17.5 Å². The molecule has 1 aromatic carbocycles. The summed E-state index contributed by atoms with van der Waals surface area (Å²) in [6, 6.07) is 14.4. The van der Waals surface area contributed by atoms with E-state index in [2.05, 4.69) is 35.3 Å². The molecule has 0 amide bonds. The van der Waals surface area contributed by atoms with Crippen LogP contribution in [0.4, 0.5) is 5.82 Å². The molecular formula is C17H17N3. The molecule has 3 aromatic rings. The Morgan fingerprint density at radius 2 is 1.95 bits per heavy atom. The average Bonchev–Trinajstić information content (AvgIpc) is 2.77. The number of allylic oxidation sites excluding steroid dienone is 1. The molecule has 0 fully saturated rings. The van der Waals surface area contributed by atoms with Gasteiger partial charge in [0.25, 0.3) is 0 Å². The fraction of sp³-hybridized carbons (Fsp3) is 0.118. The van der Waals surface area contributed by atoms with E-state index in [0.29, 0.717) is 5.82 Å². The average molecular weight is 263 g/mol. The molecule has 0 aliphatic rings. The maximum atomic E-state index is 6.01. The van der Waals surface area contributed by atoms with Gasteiger partial charge in [0.15, 0.2) is 0 Å². The van der Waals surface area contributed by atoms with Gasteiger partial charge in [-0.05, 0) is 30.5 Å². The largest absolute Gasteiger partial charge is 0.383 e. The first-order valence-electron chi connectivity index (χ1n) is 6.69. The molecule has 0 unspecified atom stereocenters. The third kappa shape index (κ3) is 2.30. The highest BCUT2D eigenvalue weighted by Gasteiger charge is 2.07. The Kier molecular flexibility index (Phi) is 3.25. The molecule has 0 aliphatic heterocycles. The minimum atomic E-state index is 0.717. The fourth-order valence-corrected chi connectivity index (χ4v) is 2.30. The monoisotopic (exact) mass is 263 g/mol. The van der Waals surface area contributed by atoms with Crippen molar-refractivity contribution in [2.75, 3.05) is 5.73 Å². The second-order valence-electron chi connectivity index (χ2n) is 4.83. The number of aryl methyl sites for hydroxylation is 1. The van der Waals surface area contributed by atoms with E-state index in [-0.39, 0.29) is 0 Å². The predicted molar refractivity (Wildman–Crippen MR) is 83.5 cm³/mol. The van der Waals surface area contributed by atoms with Gasteiger partial charge in [0.05, 0.1) is 5.69 Å². The molecular weight excluding hydrogens is 246 g/mol. The van der Waals surface area contributed by atoms with Gasteiger partial charge < -0.3 is 5.73 Å². The maximum absolute atomic E-state index is 6.01. The first-order valence-corrected chi connectivity index (χ1v) is 6.69. The molecule has 0 saturated heterocycles. The number of aromatic nitrogens is 2. The van der Waals surface area contributed by atoms with Gasteiger partial charge in [0, 0.05) is 6.20 Å². The zero-order valence-corrected chi connectivity index (χ0v) is 11.5. The van der Waals surface area contributed by atoms with E-state index >= 15 is 0 Å². The minimum absolute atomic E-state index is 0.717. The van der Waals surface area contributed by atoms with Gasteiger partial charge in [0.2, 0.25) is 0 Å². The van der Waals surface area contributed by atoms with Crippen LogP contribution in [0.2, 0.25) is 0 Å². The quantitative estimate of drug-likeness (QED) is 0.786. The second kappa shape index (κ2) is 5.21. The van der Waals surface area contributed by atoms with Crippen molar-refractivity contribution in [3.05, 3.63) is 71.6 Å². The van der Waals surface area contributed by atoms with Crippen LogP contribution in [0.3, 0.4) is 0 Å². The van der Waals surface area contributed by atoms with Crippen LogP contribution in [0.15, 0.2) is 54.7 Å².